The summed E-state index contributed by atoms with van der Waals surface area (Å²) in [5, 5.41) is 5.06. The quantitative estimate of drug-likeness (QED) is 0.817. The van der Waals surface area contributed by atoms with E-state index >= 15 is 0 Å². The second-order valence-electron chi connectivity index (χ2n) is 4.21. The smallest absolute Gasteiger partial charge is 0.174 e. The van der Waals surface area contributed by atoms with Crippen molar-refractivity contribution < 1.29 is 9.59 Å². The molecule has 19 heavy (non-hydrogen) atoms. The van der Waals surface area contributed by atoms with Gasteiger partial charge in [0.25, 0.3) is 0 Å². The van der Waals surface area contributed by atoms with E-state index in [0.717, 1.165) is 10.6 Å². The van der Waals surface area contributed by atoms with Crippen molar-refractivity contribution in [2.45, 2.75) is 13.3 Å². The lowest BCUT2D eigenvalue weighted by molar-refractivity contribution is 0.0987. The molecule has 1 aromatic heterocycles. The third-order valence-corrected chi connectivity index (χ3v) is 3.66. The molecule has 98 valence electrons. The molecule has 0 saturated carbocycles. The molecule has 1 N–H and O–H groups in total. The van der Waals surface area contributed by atoms with E-state index in [1.807, 2.05) is 29.6 Å². The van der Waals surface area contributed by atoms with Crippen LogP contribution in [0.3, 0.4) is 0 Å². The third kappa shape index (κ3) is 3.76. The van der Waals surface area contributed by atoms with Gasteiger partial charge in [0, 0.05) is 24.2 Å². The van der Waals surface area contributed by atoms with E-state index in [1.54, 1.807) is 19.1 Å². The lowest BCUT2D eigenvalue weighted by atomic mass is 10.1. The average molecular weight is 273 g/mol. The molecule has 0 saturated heterocycles. The molecule has 2 rings (SSSR count). The largest absolute Gasteiger partial charge is 0.385 e. The van der Waals surface area contributed by atoms with E-state index in [-0.39, 0.29) is 11.6 Å². The fraction of sp³-hybridized carbons (Fsp3) is 0.200. The average Bonchev–Trinajstić information content (AvgIpc) is 2.93. The van der Waals surface area contributed by atoms with E-state index in [0.29, 0.717) is 18.5 Å². The molecule has 0 bridgehead atoms. The Hall–Kier alpha value is -1.94. The zero-order chi connectivity index (χ0) is 13.7. The molecule has 0 radical (unpaired) electrons. The topological polar surface area (TPSA) is 46.2 Å². The van der Waals surface area contributed by atoms with Crippen LogP contribution < -0.4 is 5.32 Å². The first-order valence-electron chi connectivity index (χ1n) is 6.08. The van der Waals surface area contributed by atoms with E-state index < -0.39 is 0 Å². The van der Waals surface area contributed by atoms with Crippen LogP contribution >= 0.6 is 11.3 Å². The van der Waals surface area contributed by atoms with Gasteiger partial charge in [-0.2, -0.15) is 0 Å². The predicted octanol–water partition coefficient (Wildman–Crippen LogP) is 3.64. The van der Waals surface area contributed by atoms with Crippen molar-refractivity contribution >= 4 is 28.6 Å². The first-order chi connectivity index (χ1) is 9.16. The van der Waals surface area contributed by atoms with Gasteiger partial charge in [-0.15, -0.1) is 11.3 Å². The van der Waals surface area contributed by atoms with Crippen LogP contribution in [0.2, 0.25) is 0 Å². The minimum absolute atomic E-state index is 0.0401. The molecule has 1 aromatic carbocycles. The maximum absolute atomic E-state index is 11.8. The zero-order valence-electron chi connectivity index (χ0n) is 10.7. The second-order valence-corrected chi connectivity index (χ2v) is 5.16. The van der Waals surface area contributed by atoms with Crippen molar-refractivity contribution in [3.63, 3.8) is 0 Å². The number of benzene rings is 1. The highest BCUT2D eigenvalue weighted by Crippen LogP contribution is 2.13. The molecule has 1 heterocycles. The summed E-state index contributed by atoms with van der Waals surface area (Å²) in [5.74, 6) is 0.184. The maximum Gasteiger partial charge on any atom is 0.174 e. The van der Waals surface area contributed by atoms with Gasteiger partial charge in [0.15, 0.2) is 11.6 Å². The van der Waals surface area contributed by atoms with Crippen LogP contribution in [-0.2, 0) is 0 Å². The van der Waals surface area contributed by atoms with Crippen LogP contribution in [0.4, 0.5) is 5.69 Å². The minimum atomic E-state index is 0.0401. The van der Waals surface area contributed by atoms with Gasteiger partial charge in [-0.3, -0.25) is 9.59 Å². The lowest BCUT2D eigenvalue weighted by Gasteiger charge is -2.06. The molecule has 0 aliphatic carbocycles. The molecule has 0 unspecified atom stereocenters. The monoisotopic (exact) mass is 273 g/mol. The Labute approximate surface area is 116 Å². The van der Waals surface area contributed by atoms with Gasteiger partial charge in [-0.05, 0) is 30.5 Å². The number of carbonyl (C=O) groups is 2. The maximum atomic E-state index is 11.8. The predicted molar refractivity (Wildman–Crippen MR) is 78.2 cm³/mol. The van der Waals surface area contributed by atoms with Crippen molar-refractivity contribution in [1.82, 2.24) is 0 Å². The minimum Gasteiger partial charge on any atom is -0.385 e. The summed E-state index contributed by atoms with van der Waals surface area (Å²) >= 11 is 1.46. The van der Waals surface area contributed by atoms with Crippen LogP contribution in [0.1, 0.15) is 33.4 Å². The van der Waals surface area contributed by atoms with E-state index in [9.17, 15) is 9.59 Å². The number of carbonyl (C=O) groups excluding carboxylic acids is 2. The number of hydrogen-bond acceptors (Lipinski definition) is 4. The van der Waals surface area contributed by atoms with Gasteiger partial charge in [-0.1, -0.05) is 18.2 Å². The summed E-state index contributed by atoms with van der Waals surface area (Å²) in [4.78, 5) is 23.8. The van der Waals surface area contributed by atoms with Gasteiger partial charge in [-0.25, -0.2) is 0 Å². The Morgan fingerprint density at radius 1 is 1.21 bits per heavy atom. The molecule has 0 atom stereocenters. The highest BCUT2D eigenvalue weighted by molar-refractivity contribution is 7.12. The molecular formula is C15H15NO2S. The summed E-state index contributed by atoms with van der Waals surface area (Å²) < 4.78 is 0. The molecule has 4 heteroatoms. The summed E-state index contributed by atoms with van der Waals surface area (Å²) in [6.07, 6.45) is 0.449. The lowest BCUT2D eigenvalue weighted by Crippen LogP contribution is -2.08. The summed E-state index contributed by atoms with van der Waals surface area (Å²) in [6, 6.07) is 11.0. The second kappa shape index (κ2) is 6.29. The molecule has 0 amide bonds. The number of hydrogen-bond donors (Lipinski definition) is 1. The van der Waals surface area contributed by atoms with Gasteiger partial charge >= 0.3 is 0 Å². The number of Topliss-reactive ketones (excluding diaryl/α,β-unsaturated/α-hetero) is 2. The van der Waals surface area contributed by atoms with Gasteiger partial charge in [0.1, 0.15) is 0 Å². The van der Waals surface area contributed by atoms with Crippen molar-refractivity contribution in [2.75, 3.05) is 11.9 Å². The van der Waals surface area contributed by atoms with Crippen molar-refractivity contribution in [2.24, 2.45) is 0 Å². The van der Waals surface area contributed by atoms with E-state index in [1.165, 1.54) is 11.3 Å². The van der Waals surface area contributed by atoms with Crippen LogP contribution in [0.25, 0.3) is 0 Å². The number of nitrogens with one attached hydrogen (secondary N) is 1. The van der Waals surface area contributed by atoms with E-state index in [4.69, 9.17) is 0 Å². The SMILES string of the molecule is CC(=O)c1cccc(NCCC(=O)c2cccs2)c1. The number of anilines is 1. The molecule has 0 fully saturated rings. The number of ketones is 2. The first kappa shape index (κ1) is 13.5. The number of thiophene rings is 1. The third-order valence-electron chi connectivity index (χ3n) is 2.75. The summed E-state index contributed by atoms with van der Waals surface area (Å²) in [7, 11) is 0. The molecule has 3 nitrogen and oxygen atoms in total. The molecule has 0 spiro atoms. The highest BCUT2D eigenvalue weighted by Gasteiger charge is 2.06. The Balaban J connectivity index is 1.87. The Morgan fingerprint density at radius 2 is 2.05 bits per heavy atom. The van der Waals surface area contributed by atoms with Crippen molar-refractivity contribution in [1.29, 1.82) is 0 Å². The summed E-state index contributed by atoms with van der Waals surface area (Å²) in [6.45, 7) is 2.11. The Morgan fingerprint density at radius 3 is 2.74 bits per heavy atom. The van der Waals surface area contributed by atoms with Crippen LogP contribution in [0, 0.1) is 0 Å². The van der Waals surface area contributed by atoms with Crippen molar-refractivity contribution in [3.05, 3.63) is 52.2 Å². The number of rotatable bonds is 6. The normalized spacial score (nSPS) is 10.2. The molecular weight excluding hydrogens is 258 g/mol. The van der Waals surface area contributed by atoms with Gasteiger partial charge in [0.2, 0.25) is 0 Å². The van der Waals surface area contributed by atoms with Gasteiger partial charge < -0.3 is 5.32 Å². The van der Waals surface area contributed by atoms with Crippen LogP contribution in [0.15, 0.2) is 41.8 Å². The fourth-order valence-electron chi connectivity index (χ4n) is 1.73. The molecule has 0 aliphatic heterocycles. The standard InChI is InChI=1S/C15H15NO2S/c1-11(17)12-4-2-5-13(10-12)16-8-7-14(18)15-6-3-9-19-15/h2-6,9-10,16H,7-8H2,1H3. The fourth-order valence-corrected chi connectivity index (χ4v) is 2.42. The molecule has 0 aliphatic rings. The Bertz CT molecular complexity index is 576. The highest BCUT2D eigenvalue weighted by atomic mass is 32.1. The van der Waals surface area contributed by atoms with Gasteiger partial charge in [0.05, 0.1) is 4.88 Å². The Kier molecular flexibility index (Phi) is 4.47. The zero-order valence-corrected chi connectivity index (χ0v) is 11.5. The van der Waals surface area contributed by atoms with Crippen LogP contribution in [-0.4, -0.2) is 18.1 Å². The molecule has 2 aromatic rings. The first-order valence-corrected chi connectivity index (χ1v) is 6.96. The van der Waals surface area contributed by atoms with Crippen molar-refractivity contribution in [3.8, 4) is 0 Å². The van der Waals surface area contributed by atoms with Crippen LogP contribution in [0.5, 0.6) is 0 Å². The van der Waals surface area contributed by atoms with E-state index in [2.05, 4.69) is 5.32 Å². The summed E-state index contributed by atoms with van der Waals surface area (Å²) in [5.41, 5.74) is 1.54.